The first-order chi connectivity index (χ1) is 22.2. The summed E-state index contributed by atoms with van der Waals surface area (Å²) in [5.74, 6) is -4.36. The highest BCUT2D eigenvalue weighted by Crippen LogP contribution is 2.37. The molecule has 0 saturated heterocycles. The third-order valence-electron chi connectivity index (χ3n) is 7.92. The number of aromatic nitrogens is 1. The average Bonchev–Trinajstić information content (AvgIpc) is 3.43. The topological polar surface area (TPSA) is 107 Å². The number of H-pyrrole nitrogens is 1. The molecule has 3 atom stereocenters. The summed E-state index contributed by atoms with van der Waals surface area (Å²) in [6.07, 6.45) is -2.93. The van der Waals surface area contributed by atoms with E-state index in [1.54, 1.807) is 43.5 Å². The Morgan fingerprint density at radius 2 is 1.85 bits per heavy atom. The first-order valence-electron chi connectivity index (χ1n) is 15.5. The predicted molar refractivity (Wildman–Crippen MR) is 173 cm³/mol. The van der Waals surface area contributed by atoms with Gasteiger partial charge in [0.25, 0.3) is 5.91 Å². The standard InChI is InChI=1S/C33H41ClF3N5O5/c1-20(2)46-14-8-13-38-32(45)42(47-31(44)33(35,36)37)29(21(3)26-17-39-27-10-7-6-9-25(26)27)30(43)41-19-22(18-40(4)5)15-23-16-24(34)11-12-28(23)41/h6-7,9-12,16-17,20-22,29,39H,8,13-15,18-19H2,1-5H3,(H,38,45)/t21?,22-,29?/m1/s1. The van der Waals surface area contributed by atoms with Crippen molar-refractivity contribution in [1.29, 1.82) is 0 Å². The fourth-order valence-corrected chi connectivity index (χ4v) is 6.10. The molecule has 1 aliphatic heterocycles. The van der Waals surface area contributed by atoms with Gasteiger partial charge in [-0.25, -0.2) is 9.59 Å². The van der Waals surface area contributed by atoms with Gasteiger partial charge < -0.3 is 29.7 Å². The molecular weight excluding hydrogens is 639 g/mol. The minimum atomic E-state index is -5.44. The summed E-state index contributed by atoms with van der Waals surface area (Å²) in [4.78, 5) is 52.2. The molecule has 1 aromatic heterocycles. The number of halogens is 4. The van der Waals surface area contributed by atoms with Crippen molar-refractivity contribution in [2.75, 3.05) is 45.2 Å². The van der Waals surface area contributed by atoms with Crippen LogP contribution in [-0.4, -0.2) is 91.5 Å². The van der Waals surface area contributed by atoms with E-state index in [0.717, 1.165) is 11.1 Å². The Kier molecular flexibility index (Phi) is 11.8. The molecule has 10 nitrogen and oxygen atoms in total. The highest BCUT2D eigenvalue weighted by molar-refractivity contribution is 6.30. The fourth-order valence-electron chi connectivity index (χ4n) is 5.91. The number of carbonyl (C=O) groups is 3. The van der Waals surface area contributed by atoms with Crippen molar-refractivity contribution in [2.45, 2.75) is 57.9 Å². The summed E-state index contributed by atoms with van der Waals surface area (Å²) in [5, 5.41) is 3.92. The maximum absolute atomic E-state index is 14.8. The smallest absolute Gasteiger partial charge is 0.379 e. The number of anilines is 1. The van der Waals surface area contributed by atoms with Crippen LogP contribution in [0.1, 0.15) is 44.2 Å². The van der Waals surface area contributed by atoms with Crippen LogP contribution in [0.3, 0.4) is 0 Å². The van der Waals surface area contributed by atoms with E-state index in [4.69, 9.17) is 21.2 Å². The van der Waals surface area contributed by atoms with Gasteiger partial charge in [0.05, 0.1) is 6.10 Å². The van der Waals surface area contributed by atoms with Gasteiger partial charge in [-0.1, -0.05) is 36.7 Å². The lowest BCUT2D eigenvalue weighted by Gasteiger charge is -2.40. The van der Waals surface area contributed by atoms with Crippen LogP contribution < -0.4 is 10.2 Å². The molecule has 0 fully saturated rings. The molecule has 3 amide bonds. The molecule has 3 aromatic rings. The number of urea groups is 1. The number of para-hydroxylation sites is 1. The van der Waals surface area contributed by atoms with Gasteiger partial charge in [0.15, 0.2) is 6.04 Å². The number of amides is 3. The van der Waals surface area contributed by atoms with E-state index in [-0.39, 0.29) is 36.8 Å². The van der Waals surface area contributed by atoms with Gasteiger partial charge in [-0.3, -0.25) is 4.79 Å². The van der Waals surface area contributed by atoms with Gasteiger partial charge in [0.1, 0.15) is 0 Å². The van der Waals surface area contributed by atoms with Crippen LogP contribution in [0.4, 0.5) is 23.7 Å². The lowest BCUT2D eigenvalue weighted by molar-refractivity contribution is -0.233. The van der Waals surface area contributed by atoms with Gasteiger partial charge in [-0.05, 0) is 82.1 Å². The Bertz CT molecular complexity index is 1560. The highest BCUT2D eigenvalue weighted by atomic mass is 35.5. The van der Waals surface area contributed by atoms with Gasteiger partial charge in [0, 0.05) is 60.0 Å². The zero-order chi connectivity index (χ0) is 34.5. The number of aromatic amines is 1. The van der Waals surface area contributed by atoms with Gasteiger partial charge in [-0.2, -0.15) is 13.2 Å². The predicted octanol–water partition coefficient (Wildman–Crippen LogP) is 5.91. The van der Waals surface area contributed by atoms with Crippen LogP contribution in [0, 0.1) is 5.92 Å². The van der Waals surface area contributed by atoms with Crippen LogP contribution in [-0.2, 0) is 25.6 Å². The van der Waals surface area contributed by atoms with Crippen molar-refractivity contribution in [2.24, 2.45) is 5.92 Å². The van der Waals surface area contributed by atoms with Crippen LogP contribution in [0.25, 0.3) is 10.9 Å². The number of ether oxygens (including phenoxy) is 1. The fraction of sp³-hybridized carbons (Fsp3) is 0.485. The number of hydrogen-bond acceptors (Lipinski definition) is 6. The summed E-state index contributed by atoms with van der Waals surface area (Å²) in [7, 11) is 3.80. The highest BCUT2D eigenvalue weighted by Gasteiger charge is 2.48. The maximum atomic E-state index is 14.8. The summed E-state index contributed by atoms with van der Waals surface area (Å²) < 4.78 is 46.4. The number of carbonyl (C=O) groups excluding carboxylic acids is 3. The summed E-state index contributed by atoms with van der Waals surface area (Å²) in [5.41, 5.74) is 2.55. The second kappa shape index (κ2) is 15.4. The zero-order valence-corrected chi connectivity index (χ0v) is 27.8. The number of benzene rings is 2. The molecule has 47 heavy (non-hydrogen) atoms. The largest absolute Gasteiger partial charge is 0.493 e. The molecule has 0 saturated carbocycles. The van der Waals surface area contributed by atoms with Gasteiger partial charge >= 0.3 is 18.2 Å². The third-order valence-corrected chi connectivity index (χ3v) is 8.16. The molecule has 0 aliphatic carbocycles. The first kappa shape index (κ1) is 36.0. The van der Waals surface area contributed by atoms with E-state index in [9.17, 15) is 27.6 Å². The lowest BCUT2D eigenvalue weighted by Crippen LogP contribution is -2.58. The van der Waals surface area contributed by atoms with Crippen LogP contribution in [0.15, 0.2) is 48.7 Å². The second-order valence-electron chi connectivity index (χ2n) is 12.3. The number of alkyl halides is 3. The number of fused-ring (bicyclic) bond motifs is 2. The molecule has 2 aromatic carbocycles. The molecular formula is C33H41ClF3N5O5. The van der Waals surface area contributed by atoms with E-state index < -0.39 is 36.0 Å². The van der Waals surface area contributed by atoms with E-state index in [0.29, 0.717) is 41.0 Å². The van der Waals surface area contributed by atoms with Crippen molar-refractivity contribution in [1.82, 2.24) is 20.3 Å². The van der Waals surface area contributed by atoms with Crippen LogP contribution in [0.5, 0.6) is 0 Å². The molecule has 2 unspecified atom stereocenters. The Labute approximate surface area is 277 Å². The second-order valence-corrected chi connectivity index (χ2v) is 12.7. The monoisotopic (exact) mass is 679 g/mol. The maximum Gasteiger partial charge on any atom is 0.493 e. The summed E-state index contributed by atoms with van der Waals surface area (Å²) in [6.45, 7) is 6.37. The minimum Gasteiger partial charge on any atom is -0.379 e. The average molecular weight is 680 g/mol. The van der Waals surface area contributed by atoms with Gasteiger partial charge in [0.2, 0.25) is 0 Å². The number of rotatable bonds is 11. The number of nitrogens with one attached hydrogen (secondary N) is 2. The Morgan fingerprint density at radius 1 is 1.13 bits per heavy atom. The van der Waals surface area contributed by atoms with Crippen molar-refractivity contribution in [3.05, 3.63) is 64.8 Å². The minimum absolute atomic E-state index is 0.00997. The Hall–Kier alpha value is -3.81. The number of hydroxylamine groups is 2. The first-order valence-corrected chi connectivity index (χ1v) is 15.8. The molecule has 0 radical (unpaired) electrons. The summed E-state index contributed by atoms with van der Waals surface area (Å²) >= 11 is 6.32. The Morgan fingerprint density at radius 3 is 2.53 bits per heavy atom. The van der Waals surface area contributed by atoms with Crippen molar-refractivity contribution >= 4 is 46.1 Å². The summed E-state index contributed by atoms with van der Waals surface area (Å²) in [6, 6.07) is 9.39. The molecule has 1 aliphatic rings. The van der Waals surface area contributed by atoms with E-state index in [1.807, 2.05) is 45.0 Å². The normalized spacial score (nSPS) is 16.2. The van der Waals surface area contributed by atoms with Crippen molar-refractivity contribution < 1.29 is 37.1 Å². The molecule has 0 bridgehead atoms. The molecule has 256 valence electrons. The number of nitrogens with zero attached hydrogens (tertiary/aromatic N) is 3. The van der Waals surface area contributed by atoms with E-state index >= 15 is 0 Å². The number of hydrogen-bond donors (Lipinski definition) is 2. The van der Waals surface area contributed by atoms with E-state index in [1.165, 1.54) is 4.90 Å². The Balaban J connectivity index is 1.80. The van der Waals surface area contributed by atoms with E-state index in [2.05, 4.69) is 10.3 Å². The molecule has 4 rings (SSSR count). The van der Waals surface area contributed by atoms with Crippen LogP contribution >= 0.6 is 11.6 Å². The third kappa shape index (κ3) is 8.96. The van der Waals surface area contributed by atoms with Gasteiger partial charge in [-0.15, -0.1) is 5.06 Å². The molecule has 0 spiro atoms. The lowest BCUT2D eigenvalue weighted by atomic mass is 9.88. The zero-order valence-electron chi connectivity index (χ0n) is 27.1. The molecule has 2 N–H and O–H groups in total. The SMILES string of the molecule is CC(C)OCCCNC(=O)N(OC(=O)C(F)(F)F)C(C(=O)N1C[C@@H](CN(C)C)Cc2cc(Cl)ccc21)C(C)c1c[nH]c2ccccc12. The van der Waals surface area contributed by atoms with Crippen LogP contribution in [0.2, 0.25) is 5.02 Å². The van der Waals surface area contributed by atoms with Crippen molar-refractivity contribution in [3.63, 3.8) is 0 Å². The van der Waals surface area contributed by atoms with Crippen molar-refractivity contribution in [3.8, 4) is 0 Å². The molecule has 2 heterocycles. The quantitative estimate of drug-likeness (QED) is 0.193. The molecule has 14 heteroatoms.